The third kappa shape index (κ3) is 3.42. The summed E-state index contributed by atoms with van der Waals surface area (Å²) in [7, 11) is -3.15. The number of anilines is 1. The Morgan fingerprint density at radius 2 is 2.06 bits per heavy atom. The van der Waals surface area contributed by atoms with Gasteiger partial charge in [-0.15, -0.1) is 0 Å². The third-order valence-electron chi connectivity index (χ3n) is 2.30. The van der Waals surface area contributed by atoms with Crippen LogP contribution in [0.15, 0.2) is 23.1 Å². The Hall–Kier alpha value is -0.680. The van der Waals surface area contributed by atoms with Gasteiger partial charge in [-0.25, -0.2) is 8.42 Å². The van der Waals surface area contributed by atoms with E-state index < -0.39 is 9.84 Å². The van der Waals surface area contributed by atoms with Gasteiger partial charge >= 0.3 is 0 Å². The summed E-state index contributed by atoms with van der Waals surface area (Å²) in [4.78, 5) is 0.371. The molecule has 0 radical (unpaired) electrons. The lowest BCUT2D eigenvalue weighted by Crippen LogP contribution is -2.09. The van der Waals surface area contributed by atoms with Crippen LogP contribution in [0, 0.1) is 6.92 Å². The lowest BCUT2D eigenvalue weighted by molar-refractivity contribution is 0.597. The van der Waals surface area contributed by atoms with E-state index >= 15 is 0 Å². The predicted octanol–water partition coefficient (Wildman–Crippen LogP) is 2.10. The highest BCUT2D eigenvalue weighted by atomic mass is 32.2. The lowest BCUT2D eigenvalue weighted by Gasteiger charge is -2.06. The van der Waals surface area contributed by atoms with Gasteiger partial charge in [0.25, 0.3) is 0 Å². The molecule has 90 valence electrons. The van der Waals surface area contributed by atoms with E-state index in [4.69, 9.17) is 5.73 Å². The number of hydrogen-bond acceptors (Lipinski definition) is 4. The molecule has 0 unspecified atom stereocenters. The number of hydrogen-bond donors (Lipinski definition) is 1. The van der Waals surface area contributed by atoms with Crippen molar-refractivity contribution < 1.29 is 8.42 Å². The van der Waals surface area contributed by atoms with Gasteiger partial charge in [0.2, 0.25) is 0 Å². The first kappa shape index (κ1) is 13.4. The summed E-state index contributed by atoms with van der Waals surface area (Å²) in [6, 6.07) is 4.87. The minimum Gasteiger partial charge on any atom is -0.399 e. The maximum Gasteiger partial charge on any atom is 0.179 e. The molecule has 0 fully saturated rings. The molecule has 0 aliphatic rings. The number of nitrogens with two attached hydrogens (primary N) is 1. The van der Waals surface area contributed by atoms with Crippen molar-refractivity contribution in [2.24, 2.45) is 0 Å². The Bertz CT molecular complexity index is 455. The molecule has 1 aromatic rings. The lowest BCUT2D eigenvalue weighted by atomic mass is 10.2. The van der Waals surface area contributed by atoms with Crippen LogP contribution in [0.5, 0.6) is 0 Å². The summed E-state index contributed by atoms with van der Waals surface area (Å²) in [6.45, 7) is 3.83. The van der Waals surface area contributed by atoms with E-state index in [0.29, 0.717) is 16.3 Å². The smallest absolute Gasteiger partial charge is 0.179 e. The molecule has 0 aliphatic heterocycles. The van der Waals surface area contributed by atoms with Crippen molar-refractivity contribution in [3.63, 3.8) is 0 Å². The number of benzene rings is 1. The van der Waals surface area contributed by atoms with Crippen molar-refractivity contribution >= 4 is 27.3 Å². The van der Waals surface area contributed by atoms with Gasteiger partial charge in [-0.3, -0.25) is 0 Å². The molecule has 16 heavy (non-hydrogen) atoms. The molecule has 1 rings (SSSR count). The van der Waals surface area contributed by atoms with E-state index in [1.54, 1.807) is 30.0 Å². The van der Waals surface area contributed by atoms with Gasteiger partial charge in [-0.05, 0) is 36.4 Å². The molecule has 0 aromatic heterocycles. The van der Waals surface area contributed by atoms with Crippen LogP contribution in [0.4, 0.5) is 5.69 Å². The molecule has 0 heterocycles. The van der Waals surface area contributed by atoms with Crippen LogP contribution in [-0.4, -0.2) is 25.7 Å². The summed E-state index contributed by atoms with van der Waals surface area (Å²) < 4.78 is 23.8. The molecule has 0 saturated heterocycles. The summed E-state index contributed by atoms with van der Waals surface area (Å²) >= 11 is 1.63. The third-order valence-corrected chi connectivity index (χ3v) is 5.17. The molecule has 2 N–H and O–H groups in total. The molecule has 0 atom stereocenters. The summed E-state index contributed by atoms with van der Waals surface area (Å²) in [5, 5.41) is 0. The fourth-order valence-electron chi connectivity index (χ4n) is 1.27. The predicted molar refractivity (Wildman–Crippen MR) is 70.6 cm³/mol. The number of nitrogen functional groups attached to an aromatic ring is 1. The SMILES string of the molecule is CCSCCS(=O)(=O)c1ccc(N)c(C)c1. The van der Waals surface area contributed by atoms with E-state index in [-0.39, 0.29) is 5.75 Å². The van der Waals surface area contributed by atoms with E-state index in [1.807, 2.05) is 13.8 Å². The largest absolute Gasteiger partial charge is 0.399 e. The first-order valence-corrected chi connectivity index (χ1v) is 7.94. The Balaban J connectivity index is 2.86. The maximum absolute atomic E-state index is 11.9. The van der Waals surface area contributed by atoms with Gasteiger partial charge in [0.05, 0.1) is 10.6 Å². The Morgan fingerprint density at radius 1 is 1.38 bits per heavy atom. The highest BCUT2D eigenvalue weighted by Crippen LogP contribution is 2.18. The zero-order valence-electron chi connectivity index (χ0n) is 9.56. The first-order valence-electron chi connectivity index (χ1n) is 5.14. The van der Waals surface area contributed by atoms with Crippen molar-refractivity contribution in [1.82, 2.24) is 0 Å². The van der Waals surface area contributed by atoms with Crippen LogP contribution >= 0.6 is 11.8 Å². The highest BCUT2D eigenvalue weighted by molar-refractivity contribution is 8.00. The normalized spacial score (nSPS) is 11.6. The Kier molecular flexibility index (Phi) is 4.68. The van der Waals surface area contributed by atoms with Crippen LogP contribution in [-0.2, 0) is 9.84 Å². The van der Waals surface area contributed by atoms with Crippen LogP contribution in [0.3, 0.4) is 0 Å². The molecule has 0 aliphatic carbocycles. The van der Waals surface area contributed by atoms with E-state index in [0.717, 1.165) is 11.3 Å². The van der Waals surface area contributed by atoms with Gasteiger partial charge in [0.1, 0.15) is 0 Å². The molecule has 0 bridgehead atoms. The minimum atomic E-state index is -3.15. The zero-order valence-corrected chi connectivity index (χ0v) is 11.2. The second-order valence-electron chi connectivity index (χ2n) is 3.53. The van der Waals surface area contributed by atoms with Crippen LogP contribution < -0.4 is 5.73 Å². The van der Waals surface area contributed by atoms with Crippen molar-refractivity contribution in [3.05, 3.63) is 23.8 Å². The second kappa shape index (κ2) is 5.59. The molecule has 0 amide bonds. The fraction of sp³-hybridized carbons (Fsp3) is 0.455. The van der Waals surface area contributed by atoms with Gasteiger partial charge < -0.3 is 5.73 Å². The van der Waals surface area contributed by atoms with Crippen molar-refractivity contribution in [2.75, 3.05) is 23.0 Å². The second-order valence-corrected chi connectivity index (χ2v) is 7.04. The van der Waals surface area contributed by atoms with E-state index in [9.17, 15) is 8.42 Å². The minimum absolute atomic E-state index is 0.189. The number of thioether (sulfide) groups is 1. The molecule has 1 aromatic carbocycles. The number of aryl methyl sites for hydroxylation is 1. The molecular weight excluding hydrogens is 242 g/mol. The van der Waals surface area contributed by atoms with Gasteiger partial charge in [-0.2, -0.15) is 11.8 Å². The highest BCUT2D eigenvalue weighted by Gasteiger charge is 2.14. The van der Waals surface area contributed by atoms with Crippen molar-refractivity contribution in [2.45, 2.75) is 18.7 Å². The molecular formula is C11H17NO2S2. The average Bonchev–Trinajstić information content (AvgIpc) is 2.22. The van der Waals surface area contributed by atoms with Gasteiger partial charge in [0, 0.05) is 11.4 Å². The quantitative estimate of drug-likeness (QED) is 0.650. The first-order chi connectivity index (χ1) is 7.47. The Labute approximate surface area is 101 Å². The number of rotatable bonds is 5. The molecule has 5 heteroatoms. The van der Waals surface area contributed by atoms with Crippen molar-refractivity contribution in [3.8, 4) is 0 Å². The van der Waals surface area contributed by atoms with Crippen LogP contribution in [0.25, 0.3) is 0 Å². The zero-order chi connectivity index (χ0) is 12.2. The van der Waals surface area contributed by atoms with E-state index in [2.05, 4.69) is 0 Å². The monoisotopic (exact) mass is 259 g/mol. The Morgan fingerprint density at radius 3 is 2.62 bits per heavy atom. The summed E-state index contributed by atoms with van der Waals surface area (Å²) in [5.74, 6) is 1.77. The maximum atomic E-state index is 11.9. The van der Waals surface area contributed by atoms with Crippen LogP contribution in [0.2, 0.25) is 0 Å². The van der Waals surface area contributed by atoms with E-state index in [1.165, 1.54) is 0 Å². The summed E-state index contributed by atoms with van der Waals surface area (Å²) in [6.07, 6.45) is 0. The number of sulfone groups is 1. The van der Waals surface area contributed by atoms with Gasteiger partial charge in [-0.1, -0.05) is 6.92 Å². The summed E-state index contributed by atoms with van der Waals surface area (Å²) in [5.41, 5.74) is 7.09. The van der Waals surface area contributed by atoms with Crippen molar-refractivity contribution in [1.29, 1.82) is 0 Å². The average molecular weight is 259 g/mol. The van der Waals surface area contributed by atoms with Crippen LogP contribution in [0.1, 0.15) is 12.5 Å². The topological polar surface area (TPSA) is 60.2 Å². The molecule has 3 nitrogen and oxygen atoms in total. The molecule has 0 spiro atoms. The standard InChI is InChI=1S/C11H17NO2S2/c1-3-15-6-7-16(13,14)10-4-5-11(12)9(2)8-10/h4-5,8H,3,6-7,12H2,1-2H3. The fourth-order valence-corrected chi connectivity index (χ4v) is 3.78. The molecule has 0 saturated carbocycles. The van der Waals surface area contributed by atoms with Gasteiger partial charge in [0.15, 0.2) is 9.84 Å².